The number of halogens is 4. The van der Waals surface area contributed by atoms with Crippen LogP contribution in [0.1, 0.15) is 40.3 Å². The lowest BCUT2D eigenvalue weighted by Gasteiger charge is -2.30. The lowest BCUT2D eigenvalue weighted by Crippen LogP contribution is -2.38. The molecule has 214 valence electrons. The smallest absolute Gasteiger partial charge is 0.271 e. The molecule has 7 rings (SSSR count). The second kappa shape index (κ2) is 11.8. The lowest BCUT2D eigenvalue weighted by molar-refractivity contribution is 0.304. The summed E-state index contributed by atoms with van der Waals surface area (Å²) < 4.78 is 9.23. The Balaban J connectivity index is 1.28. The van der Waals surface area contributed by atoms with Crippen molar-refractivity contribution in [3.8, 4) is 5.75 Å². The normalized spacial score (nSPS) is 15.9. The molecule has 0 fully saturated rings. The summed E-state index contributed by atoms with van der Waals surface area (Å²) in [6, 6.07) is 27.0. The van der Waals surface area contributed by atoms with Crippen molar-refractivity contribution in [1.29, 1.82) is 0 Å². The van der Waals surface area contributed by atoms with Crippen LogP contribution in [0.15, 0.2) is 105 Å². The summed E-state index contributed by atoms with van der Waals surface area (Å²) in [6.45, 7) is 0.297. The number of aromatic nitrogens is 1. The van der Waals surface area contributed by atoms with Crippen LogP contribution in [0.2, 0.25) is 15.1 Å². The van der Waals surface area contributed by atoms with Crippen molar-refractivity contribution in [1.82, 2.24) is 4.57 Å². The fourth-order valence-corrected chi connectivity index (χ4v) is 7.74. The Morgan fingerprint density at radius 3 is 2.53 bits per heavy atom. The van der Waals surface area contributed by atoms with Crippen LogP contribution in [-0.2, 0) is 13.0 Å². The van der Waals surface area contributed by atoms with E-state index in [0.717, 1.165) is 50.8 Å². The number of allylic oxidation sites excluding steroid dienone is 1. The summed E-state index contributed by atoms with van der Waals surface area (Å²) in [5.41, 5.74) is 7.20. The SMILES string of the molecule is O=c1c(=Cc2ccc(OCc3ccc(Cl)cc3Cl)c(Br)c2)sc2n1C(c1ccc(Cl)cc1)C1=C(N=2)c2ccccc2CC1. The van der Waals surface area contributed by atoms with Crippen LogP contribution in [0.4, 0.5) is 0 Å². The van der Waals surface area contributed by atoms with Crippen molar-refractivity contribution in [3.05, 3.63) is 158 Å². The first kappa shape index (κ1) is 28.6. The Morgan fingerprint density at radius 2 is 1.74 bits per heavy atom. The molecule has 4 aromatic carbocycles. The van der Waals surface area contributed by atoms with Gasteiger partial charge in [0.25, 0.3) is 5.56 Å². The number of hydrogen-bond acceptors (Lipinski definition) is 4. The summed E-state index contributed by atoms with van der Waals surface area (Å²) in [5, 5.41) is 1.79. The molecule has 9 heteroatoms. The standard InChI is InChI=1S/C34H22BrCl3N2O2S/c35-27-15-19(5-14-29(27)42-18-22-8-12-24(37)17-28(22)38)16-30-33(41)40-32(21-6-10-23(36)11-7-21)26-13-9-20-3-1-2-4-25(20)31(26)39-34(40)43-30/h1-8,10-12,14-17,32H,9,13,18H2. The van der Waals surface area contributed by atoms with E-state index >= 15 is 0 Å². The Hall–Kier alpha value is -3.13. The molecule has 0 spiro atoms. The molecule has 4 nitrogen and oxygen atoms in total. The van der Waals surface area contributed by atoms with Gasteiger partial charge in [0.2, 0.25) is 0 Å². The Kier molecular flexibility index (Phi) is 7.83. The van der Waals surface area contributed by atoms with Crippen LogP contribution in [0.25, 0.3) is 11.8 Å². The largest absolute Gasteiger partial charge is 0.488 e. The van der Waals surface area contributed by atoms with E-state index in [4.69, 9.17) is 44.5 Å². The minimum absolute atomic E-state index is 0.0667. The molecule has 0 N–H and O–H groups in total. The summed E-state index contributed by atoms with van der Waals surface area (Å²) in [5.74, 6) is 0.665. The maximum absolute atomic E-state index is 14.0. The molecule has 0 bridgehead atoms. The van der Waals surface area contributed by atoms with Gasteiger partial charge in [-0.1, -0.05) is 94.7 Å². The first-order chi connectivity index (χ1) is 20.9. The fourth-order valence-electron chi connectivity index (χ4n) is 5.64. The Morgan fingerprint density at radius 1 is 0.953 bits per heavy atom. The van der Waals surface area contributed by atoms with Crippen molar-refractivity contribution in [2.24, 2.45) is 4.99 Å². The average Bonchev–Trinajstić information content (AvgIpc) is 3.31. The fraction of sp³-hybridized carbons (Fsp3) is 0.118. The maximum Gasteiger partial charge on any atom is 0.271 e. The molecule has 0 radical (unpaired) electrons. The van der Waals surface area contributed by atoms with E-state index in [9.17, 15) is 4.79 Å². The summed E-state index contributed by atoms with van der Waals surface area (Å²) >= 11 is 23.6. The van der Waals surface area contributed by atoms with E-state index in [1.165, 1.54) is 16.9 Å². The highest BCUT2D eigenvalue weighted by atomic mass is 79.9. The van der Waals surface area contributed by atoms with E-state index in [1.54, 1.807) is 12.1 Å². The topological polar surface area (TPSA) is 43.6 Å². The molecular formula is C34H22BrCl3N2O2S. The van der Waals surface area contributed by atoms with Crippen LogP contribution in [0.5, 0.6) is 5.75 Å². The van der Waals surface area contributed by atoms with E-state index in [1.807, 2.05) is 65.2 Å². The number of rotatable bonds is 5. The molecule has 1 aliphatic carbocycles. The molecule has 0 saturated heterocycles. The number of fused-ring (bicyclic) bond motifs is 3. The van der Waals surface area contributed by atoms with Gasteiger partial charge in [-0.05, 0) is 93.5 Å². The molecule has 1 atom stereocenters. The van der Waals surface area contributed by atoms with Crippen LogP contribution in [0.3, 0.4) is 0 Å². The van der Waals surface area contributed by atoms with Gasteiger partial charge in [0, 0.05) is 26.2 Å². The third kappa shape index (κ3) is 5.52. The summed E-state index contributed by atoms with van der Waals surface area (Å²) in [6.07, 6.45) is 3.65. The molecule has 1 aliphatic heterocycles. The van der Waals surface area contributed by atoms with Crippen LogP contribution >= 0.6 is 62.1 Å². The molecular weight excluding hydrogens is 687 g/mol. The van der Waals surface area contributed by atoms with Gasteiger partial charge in [-0.15, -0.1) is 0 Å². The number of aryl methyl sites for hydroxylation is 1. The average molecular weight is 709 g/mol. The van der Waals surface area contributed by atoms with Crippen LogP contribution < -0.4 is 19.6 Å². The van der Waals surface area contributed by atoms with Gasteiger partial charge in [0.05, 0.1) is 20.7 Å². The number of hydrogen-bond donors (Lipinski definition) is 0. The molecule has 2 aliphatic rings. The monoisotopic (exact) mass is 706 g/mol. The van der Waals surface area contributed by atoms with Gasteiger partial charge in [0.1, 0.15) is 12.4 Å². The van der Waals surface area contributed by atoms with E-state index in [0.29, 0.717) is 36.8 Å². The first-order valence-electron chi connectivity index (χ1n) is 13.6. The van der Waals surface area contributed by atoms with Crippen LogP contribution in [0, 0.1) is 0 Å². The predicted molar refractivity (Wildman–Crippen MR) is 179 cm³/mol. The molecule has 1 unspecified atom stereocenters. The van der Waals surface area contributed by atoms with E-state index < -0.39 is 0 Å². The van der Waals surface area contributed by atoms with Crippen LogP contribution in [-0.4, -0.2) is 4.57 Å². The maximum atomic E-state index is 14.0. The van der Waals surface area contributed by atoms with Crippen molar-refractivity contribution in [3.63, 3.8) is 0 Å². The molecule has 43 heavy (non-hydrogen) atoms. The highest BCUT2D eigenvalue weighted by molar-refractivity contribution is 9.10. The second-order valence-electron chi connectivity index (χ2n) is 10.4. The number of ether oxygens (including phenoxy) is 1. The number of nitrogens with zero attached hydrogens (tertiary/aromatic N) is 2. The molecule has 2 heterocycles. The molecule has 0 saturated carbocycles. The van der Waals surface area contributed by atoms with E-state index in [-0.39, 0.29) is 11.6 Å². The predicted octanol–water partition coefficient (Wildman–Crippen LogP) is 8.62. The number of benzene rings is 4. The number of thiazole rings is 1. The zero-order valence-corrected chi connectivity index (χ0v) is 27.2. The highest BCUT2D eigenvalue weighted by Gasteiger charge is 2.32. The van der Waals surface area contributed by atoms with Gasteiger partial charge in [0.15, 0.2) is 4.80 Å². The molecule has 1 aromatic heterocycles. The van der Waals surface area contributed by atoms with Crippen molar-refractivity contribution in [2.45, 2.75) is 25.5 Å². The molecule has 0 amide bonds. The molecule has 5 aromatic rings. The van der Waals surface area contributed by atoms with Gasteiger partial charge in [-0.2, -0.15) is 0 Å². The first-order valence-corrected chi connectivity index (χ1v) is 16.3. The van der Waals surface area contributed by atoms with E-state index in [2.05, 4.69) is 34.1 Å². The summed E-state index contributed by atoms with van der Waals surface area (Å²) in [4.78, 5) is 19.8. The minimum Gasteiger partial charge on any atom is -0.488 e. The van der Waals surface area contributed by atoms with Crippen molar-refractivity contribution in [2.75, 3.05) is 0 Å². The summed E-state index contributed by atoms with van der Waals surface area (Å²) in [7, 11) is 0. The van der Waals surface area contributed by atoms with Gasteiger partial charge < -0.3 is 4.74 Å². The zero-order valence-electron chi connectivity index (χ0n) is 22.5. The lowest BCUT2D eigenvalue weighted by atomic mass is 9.83. The van der Waals surface area contributed by atoms with Gasteiger partial charge in [-0.25, -0.2) is 4.99 Å². The third-order valence-electron chi connectivity index (χ3n) is 7.71. The van der Waals surface area contributed by atoms with Crippen molar-refractivity contribution < 1.29 is 4.74 Å². The second-order valence-corrected chi connectivity index (χ2v) is 13.5. The minimum atomic E-state index is -0.249. The van der Waals surface area contributed by atoms with Gasteiger partial charge in [-0.3, -0.25) is 9.36 Å². The Labute approximate surface area is 275 Å². The quantitative estimate of drug-likeness (QED) is 0.184. The highest BCUT2D eigenvalue weighted by Crippen LogP contribution is 2.41. The van der Waals surface area contributed by atoms with Crippen molar-refractivity contribution >= 4 is 73.8 Å². The Bertz CT molecular complexity index is 2120. The zero-order chi connectivity index (χ0) is 29.7. The third-order valence-corrected chi connectivity index (χ3v) is 10.2. The van der Waals surface area contributed by atoms with Gasteiger partial charge >= 0.3 is 0 Å².